The summed E-state index contributed by atoms with van der Waals surface area (Å²) in [5.74, 6) is 0. The van der Waals surface area contributed by atoms with Crippen molar-refractivity contribution in [2.45, 2.75) is 17.4 Å². The topological polar surface area (TPSA) is 73.2 Å². The molecule has 6 nitrogen and oxygen atoms in total. The number of hydrogen-bond acceptors (Lipinski definition) is 4. The third-order valence-electron chi connectivity index (χ3n) is 3.48. The zero-order valence-corrected chi connectivity index (χ0v) is 14.1. The average Bonchev–Trinajstić information content (AvgIpc) is 2.92. The molecule has 2 aromatic rings. The van der Waals surface area contributed by atoms with E-state index in [0.29, 0.717) is 5.02 Å². The molecule has 0 radical (unpaired) electrons. The van der Waals surface area contributed by atoms with E-state index >= 15 is 0 Å². The number of aryl methyl sites for hydroxylation is 1. The van der Waals surface area contributed by atoms with Gasteiger partial charge in [0.2, 0.25) is 10.0 Å². The van der Waals surface area contributed by atoms with Gasteiger partial charge in [0.25, 0.3) is 0 Å². The fraction of sp³-hybridized carbons (Fsp3) is 0.357. The molecule has 0 aliphatic carbocycles. The minimum Gasteiger partial charge on any atom is -0.372 e. The summed E-state index contributed by atoms with van der Waals surface area (Å²) >= 11 is 5.99. The first-order chi connectivity index (χ1) is 10.3. The molecule has 0 bridgehead atoms. The summed E-state index contributed by atoms with van der Waals surface area (Å²) in [6.45, 7) is 1.87. The zero-order chi connectivity index (χ0) is 16.4. The number of nitrogens with zero attached hydrogens (tertiary/aromatic N) is 2. The molecule has 1 heterocycles. The lowest BCUT2D eigenvalue weighted by Gasteiger charge is -2.29. The quantitative estimate of drug-likeness (QED) is 0.869. The van der Waals surface area contributed by atoms with E-state index < -0.39 is 15.6 Å². The number of aromatic nitrogens is 2. The number of methoxy groups -OCH3 is 1. The van der Waals surface area contributed by atoms with Crippen molar-refractivity contribution < 1.29 is 13.2 Å². The van der Waals surface area contributed by atoms with Crippen LogP contribution in [0.2, 0.25) is 5.02 Å². The standard InChI is InChI=1S/C14H18ClN3O3S/c1-14(21-3,11-5-4-6-12(15)7-11)10-17-22(19,20)13-8-16-18(2)9-13/h4-9,17H,10H2,1-3H3. The highest BCUT2D eigenvalue weighted by Gasteiger charge is 2.29. The van der Waals surface area contributed by atoms with E-state index in [1.165, 1.54) is 24.2 Å². The molecular formula is C14H18ClN3O3S. The number of hydrogen-bond donors (Lipinski definition) is 1. The van der Waals surface area contributed by atoms with Gasteiger partial charge in [-0.3, -0.25) is 4.68 Å². The molecule has 0 saturated carbocycles. The van der Waals surface area contributed by atoms with E-state index in [1.807, 2.05) is 6.07 Å². The number of benzene rings is 1. The molecule has 0 fully saturated rings. The van der Waals surface area contributed by atoms with Crippen molar-refractivity contribution in [1.29, 1.82) is 0 Å². The monoisotopic (exact) mass is 343 g/mol. The summed E-state index contributed by atoms with van der Waals surface area (Å²) in [5.41, 5.74) is -0.0448. The number of nitrogens with one attached hydrogen (secondary N) is 1. The molecule has 1 unspecified atom stereocenters. The Labute approximate surface area is 135 Å². The Morgan fingerprint density at radius 1 is 1.45 bits per heavy atom. The van der Waals surface area contributed by atoms with Gasteiger partial charge in [-0.05, 0) is 24.6 Å². The van der Waals surface area contributed by atoms with Gasteiger partial charge in [-0.2, -0.15) is 5.10 Å². The maximum Gasteiger partial charge on any atom is 0.243 e. The smallest absolute Gasteiger partial charge is 0.243 e. The van der Waals surface area contributed by atoms with Crippen LogP contribution in [0, 0.1) is 0 Å². The molecule has 0 spiro atoms. The highest BCUT2D eigenvalue weighted by molar-refractivity contribution is 7.89. The van der Waals surface area contributed by atoms with Crippen LogP contribution in [0.25, 0.3) is 0 Å². The van der Waals surface area contributed by atoms with Gasteiger partial charge in [0.1, 0.15) is 10.5 Å². The van der Waals surface area contributed by atoms with E-state index in [1.54, 1.807) is 32.2 Å². The highest BCUT2D eigenvalue weighted by atomic mass is 35.5. The van der Waals surface area contributed by atoms with Gasteiger partial charge in [0.05, 0.1) is 6.20 Å². The molecular weight excluding hydrogens is 326 g/mol. The lowest BCUT2D eigenvalue weighted by Crippen LogP contribution is -2.40. The van der Waals surface area contributed by atoms with Crippen LogP contribution in [-0.2, 0) is 27.4 Å². The maximum absolute atomic E-state index is 12.3. The van der Waals surface area contributed by atoms with E-state index in [0.717, 1.165) is 5.56 Å². The fourth-order valence-corrected chi connectivity index (χ4v) is 3.26. The first-order valence-electron chi connectivity index (χ1n) is 6.56. The lowest BCUT2D eigenvalue weighted by atomic mass is 9.96. The normalized spacial score (nSPS) is 14.7. The van der Waals surface area contributed by atoms with Crippen LogP contribution in [-0.4, -0.2) is 31.9 Å². The number of rotatable bonds is 6. The second-order valence-electron chi connectivity index (χ2n) is 5.12. The van der Waals surface area contributed by atoms with Gasteiger partial charge < -0.3 is 4.74 Å². The lowest BCUT2D eigenvalue weighted by molar-refractivity contribution is 0.00699. The largest absolute Gasteiger partial charge is 0.372 e. The SMILES string of the molecule is COC(C)(CNS(=O)(=O)c1cnn(C)c1)c1cccc(Cl)c1. The second-order valence-corrected chi connectivity index (χ2v) is 7.32. The maximum atomic E-state index is 12.3. The van der Waals surface area contributed by atoms with Crippen molar-refractivity contribution in [3.8, 4) is 0 Å². The Kier molecular flexibility index (Phi) is 4.91. The van der Waals surface area contributed by atoms with Gasteiger partial charge in [0.15, 0.2) is 0 Å². The minimum atomic E-state index is -3.65. The molecule has 0 saturated heterocycles. The molecule has 1 atom stereocenters. The third kappa shape index (κ3) is 3.67. The number of sulfonamides is 1. The van der Waals surface area contributed by atoms with E-state index in [2.05, 4.69) is 9.82 Å². The Hall–Kier alpha value is -1.41. The van der Waals surface area contributed by atoms with Gasteiger partial charge in [-0.25, -0.2) is 13.1 Å². The fourth-order valence-electron chi connectivity index (χ4n) is 1.96. The summed E-state index contributed by atoms with van der Waals surface area (Å²) in [5, 5.41) is 4.43. The minimum absolute atomic E-state index is 0.0705. The van der Waals surface area contributed by atoms with Crippen molar-refractivity contribution in [3.63, 3.8) is 0 Å². The van der Waals surface area contributed by atoms with Crippen LogP contribution in [0.4, 0.5) is 0 Å². The van der Waals surface area contributed by atoms with Gasteiger partial charge in [-0.15, -0.1) is 0 Å². The number of halogens is 1. The molecule has 120 valence electrons. The van der Waals surface area contributed by atoms with Crippen LogP contribution >= 0.6 is 11.6 Å². The molecule has 1 aromatic carbocycles. The predicted octanol–water partition coefficient (Wildman–Crippen LogP) is 1.91. The van der Waals surface area contributed by atoms with Crippen LogP contribution < -0.4 is 4.72 Å². The van der Waals surface area contributed by atoms with Gasteiger partial charge >= 0.3 is 0 Å². The third-order valence-corrected chi connectivity index (χ3v) is 5.07. The van der Waals surface area contributed by atoms with Gasteiger partial charge in [-0.1, -0.05) is 23.7 Å². The average molecular weight is 344 g/mol. The second kappa shape index (κ2) is 6.37. The van der Waals surface area contributed by atoms with E-state index in [-0.39, 0.29) is 11.4 Å². The summed E-state index contributed by atoms with van der Waals surface area (Å²) < 4.78 is 34.0. The van der Waals surface area contributed by atoms with Crippen molar-refractivity contribution in [1.82, 2.24) is 14.5 Å². The Balaban J connectivity index is 2.20. The summed E-state index contributed by atoms with van der Waals surface area (Å²) in [6.07, 6.45) is 2.73. The van der Waals surface area contributed by atoms with Crippen LogP contribution in [0.5, 0.6) is 0 Å². The summed E-state index contributed by atoms with van der Waals surface area (Å²) in [6, 6.07) is 7.14. The molecule has 0 aliphatic rings. The van der Waals surface area contributed by atoms with E-state index in [9.17, 15) is 8.42 Å². The molecule has 0 aliphatic heterocycles. The first-order valence-corrected chi connectivity index (χ1v) is 8.42. The predicted molar refractivity (Wildman–Crippen MR) is 84.2 cm³/mol. The molecule has 0 amide bonds. The van der Waals surface area contributed by atoms with Crippen molar-refractivity contribution in [2.75, 3.05) is 13.7 Å². The molecule has 22 heavy (non-hydrogen) atoms. The Morgan fingerprint density at radius 2 is 2.18 bits per heavy atom. The molecule has 1 aromatic heterocycles. The highest BCUT2D eigenvalue weighted by Crippen LogP contribution is 2.26. The zero-order valence-electron chi connectivity index (χ0n) is 12.6. The number of ether oxygens (including phenoxy) is 1. The summed E-state index contributed by atoms with van der Waals surface area (Å²) in [7, 11) is -0.463. The molecule has 8 heteroatoms. The van der Waals surface area contributed by atoms with Crippen molar-refractivity contribution >= 4 is 21.6 Å². The summed E-state index contributed by atoms with van der Waals surface area (Å²) in [4.78, 5) is 0.111. The van der Waals surface area contributed by atoms with Crippen molar-refractivity contribution in [3.05, 3.63) is 47.2 Å². The first kappa shape index (κ1) is 17.0. The Morgan fingerprint density at radius 3 is 2.73 bits per heavy atom. The van der Waals surface area contributed by atoms with Crippen LogP contribution in [0.3, 0.4) is 0 Å². The van der Waals surface area contributed by atoms with Gasteiger partial charge in [0, 0.05) is 31.9 Å². The van der Waals surface area contributed by atoms with Crippen LogP contribution in [0.15, 0.2) is 41.6 Å². The van der Waals surface area contributed by atoms with Crippen molar-refractivity contribution in [2.24, 2.45) is 7.05 Å². The van der Waals surface area contributed by atoms with Crippen LogP contribution in [0.1, 0.15) is 12.5 Å². The Bertz CT molecular complexity index is 760. The molecule has 2 rings (SSSR count). The molecule has 1 N–H and O–H groups in total. The van der Waals surface area contributed by atoms with E-state index in [4.69, 9.17) is 16.3 Å².